The van der Waals surface area contributed by atoms with Gasteiger partial charge in [0.05, 0.1) is 23.2 Å². The summed E-state index contributed by atoms with van der Waals surface area (Å²) in [6.45, 7) is -0.141. The average molecular weight is 361 g/mol. The van der Waals surface area contributed by atoms with Gasteiger partial charge in [-0.2, -0.15) is 0 Å². The summed E-state index contributed by atoms with van der Waals surface area (Å²) in [4.78, 5) is 0. The smallest absolute Gasteiger partial charge is 0.232 e. The maximum atomic E-state index is 11.8. The summed E-state index contributed by atoms with van der Waals surface area (Å²) in [7, 11) is -6.99. The van der Waals surface area contributed by atoms with Crippen LogP contribution in [0.4, 0.5) is 5.69 Å². The van der Waals surface area contributed by atoms with Crippen molar-refractivity contribution in [2.24, 2.45) is 0 Å². The molecule has 1 aromatic rings. The third-order valence-electron chi connectivity index (χ3n) is 2.26. The Kier molecular flexibility index (Phi) is 5.68. The lowest BCUT2D eigenvalue weighted by molar-refractivity contribution is 0.583. The highest BCUT2D eigenvalue weighted by molar-refractivity contribution is 7.92. The van der Waals surface area contributed by atoms with Gasteiger partial charge in [0.2, 0.25) is 20.0 Å². The highest BCUT2D eigenvalue weighted by Crippen LogP contribution is 2.30. The van der Waals surface area contributed by atoms with Gasteiger partial charge in [-0.15, -0.1) is 0 Å². The molecule has 0 saturated carbocycles. The summed E-state index contributed by atoms with van der Waals surface area (Å²) in [5.41, 5.74) is 0.244. The first-order valence-electron chi connectivity index (χ1n) is 5.38. The van der Waals surface area contributed by atoms with Crippen molar-refractivity contribution < 1.29 is 16.8 Å². The van der Waals surface area contributed by atoms with E-state index in [0.717, 1.165) is 16.8 Å². The van der Waals surface area contributed by atoms with Crippen LogP contribution in [0, 0.1) is 0 Å². The average Bonchev–Trinajstić information content (AvgIpc) is 2.22. The first-order chi connectivity index (χ1) is 9.00. The number of sulfonamides is 2. The molecule has 0 radical (unpaired) electrons. The molecule has 0 unspecified atom stereocenters. The molecule has 20 heavy (non-hydrogen) atoms. The Balaban J connectivity index is 3.02. The van der Waals surface area contributed by atoms with E-state index in [2.05, 4.69) is 4.72 Å². The lowest BCUT2D eigenvalue weighted by Crippen LogP contribution is -2.38. The van der Waals surface area contributed by atoms with E-state index in [1.807, 2.05) is 0 Å². The molecule has 0 aliphatic rings. The van der Waals surface area contributed by atoms with Crippen molar-refractivity contribution in [3.63, 3.8) is 0 Å². The van der Waals surface area contributed by atoms with Crippen LogP contribution in [0.2, 0.25) is 10.0 Å². The van der Waals surface area contributed by atoms with Crippen molar-refractivity contribution in [1.29, 1.82) is 0 Å². The number of hydrogen-bond acceptors (Lipinski definition) is 4. The zero-order valence-electron chi connectivity index (χ0n) is 10.8. The van der Waals surface area contributed by atoms with Crippen LogP contribution < -0.4 is 9.03 Å². The van der Waals surface area contributed by atoms with Gasteiger partial charge in [-0.05, 0) is 18.2 Å². The number of hydrogen-bond donors (Lipinski definition) is 1. The molecule has 0 aliphatic heterocycles. The first-order valence-corrected chi connectivity index (χ1v) is 9.87. The molecule has 0 saturated heterocycles. The fourth-order valence-electron chi connectivity index (χ4n) is 1.48. The van der Waals surface area contributed by atoms with E-state index in [0.29, 0.717) is 5.02 Å². The second kappa shape index (κ2) is 6.48. The molecule has 0 aromatic heterocycles. The summed E-state index contributed by atoms with van der Waals surface area (Å²) in [5, 5.41) is 0.545. The van der Waals surface area contributed by atoms with E-state index in [-0.39, 0.29) is 23.8 Å². The second-order valence-electron chi connectivity index (χ2n) is 4.10. The van der Waals surface area contributed by atoms with Crippen LogP contribution in [-0.4, -0.2) is 42.4 Å². The van der Waals surface area contributed by atoms with Crippen LogP contribution in [0.25, 0.3) is 0 Å². The van der Waals surface area contributed by atoms with E-state index in [4.69, 9.17) is 23.2 Å². The third kappa shape index (κ3) is 5.45. The van der Waals surface area contributed by atoms with Crippen molar-refractivity contribution in [2.75, 3.05) is 29.9 Å². The Bertz CT molecular complexity index is 689. The topological polar surface area (TPSA) is 83.6 Å². The zero-order chi connectivity index (χ0) is 15.6. The lowest BCUT2D eigenvalue weighted by atomic mass is 10.3. The third-order valence-corrected chi connectivity index (χ3v) is 4.70. The predicted octanol–water partition coefficient (Wildman–Crippen LogP) is 1.31. The van der Waals surface area contributed by atoms with Gasteiger partial charge in [-0.1, -0.05) is 23.2 Å². The Morgan fingerprint density at radius 3 is 2.20 bits per heavy atom. The quantitative estimate of drug-likeness (QED) is 0.828. The van der Waals surface area contributed by atoms with E-state index in [1.54, 1.807) is 0 Å². The molecule has 1 N–H and O–H groups in total. The number of benzene rings is 1. The van der Waals surface area contributed by atoms with E-state index in [9.17, 15) is 16.8 Å². The summed E-state index contributed by atoms with van der Waals surface area (Å²) in [5.74, 6) is 0. The molecule has 0 heterocycles. The monoisotopic (exact) mass is 360 g/mol. The van der Waals surface area contributed by atoms with Gasteiger partial charge in [0.15, 0.2) is 0 Å². The number of rotatable bonds is 6. The minimum absolute atomic E-state index is 0.0646. The SMILES string of the molecule is CS(=O)(=O)NCCN(c1ccc(Cl)cc1Cl)S(C)(=O)=O. The summed E-state index contributed by atoms with van der Waals surface area (Å²) < 4.78 is 48.8. The Morgan fingerprint density at radius 2 is 1.75 bits per heavy atom. The van der Waals surface area contributed by atoms with Crippen molar-refractivity contribution in [3.8, 4) is 0 Å². The lowest BCUT2D eigenvalue weighted by Gasteiger charge is -2.23. The number of nitrogens with one attached hydrogen (secondary N) is 1. The fraction of sp³-hybridized carbons (Fsp3) is 0.400. The maximum absolute atomic E-state index is 11.8. The van der Waals surface area contributed by atoms with Crippen LogP contribution in [0.1, 0.15) is 0 Å². The van der Waals surface area contributed by atoms with Gasteiger partial charge in [0.1, 0.15) is 0 Å². The highest BCUT2D eigenvalue weighted by atomic mass is 35.5. The summed E-state index contributed by atoms with van der Waals surface area (Å²) in [6, 6.07) is 4.39. The Morgan fingerprint density at radius 1 is 1.15 bits per heavy atom. The highest BCUT2D eigenvalue weighted by Gasteiger charge is 2.20. The van der Waals surface area contributed by atoms with E-state index in [1.165, 1.54) is 18.2 Å². The van der Waals surface area contributed by atoms with E-state index < -0.39 is 20.0 Å². The van der Waals surface area contributed by atoms with Crippen molar-refractivity contribution in [2.45, 2.75) is 0 Å². The number of anilines is 1. The van der Waals surface area contributed by atoms with Gasteiger partial charge in [-0.25, -0.2) is 21.6 Å². The molecular weight excluding hydrogens is 347 g/mol. The Hall–Kier alpha value is -0.540. The predicted molar refractivity (Wildman–Crippen MR) is 81.5 cm³/mol. The van der Waals surface area contributed by atoms with Crippen molar-refractivity contribution in [3.05, 3.63) is 28.2 Å². The van der Waals surface area contributed by atoms with Crippen LogP contribution in [0.5, 0.6) is 0 Å². The van der Waals surface area contributed by atoms with Crippen molar-refractivity contribution >= 4 is 48.9 Å². The van der Waals surface area contributed by atoms with Crippen LogP contribution in [0.15, 0.2) is 18.2 Å². The first kappa shape index (κ1) is 17.5. The maximum Gasteiger partial charge on any atom is 0.232 e. The van der Waals surface area contributed by atoms with Crippen LogP contribution in [0.3, 0.4) is 0 Å². The standard InChI is InChI=1S/C10H14Cl2N2O4S2/c1-19(15,16)13-5-6-14(20(2,17)18)10-4-3-8(11)7-9(10)12/h3-4,7,13H,5-6H2,1-2H3. The molecule has 0 bridgehead atoms. The molecule has 0 atom stereocenters. The van der Waals surface area contributed by atoms with Gasteiger partial charge in [-0.3, -0.25) is 4.31 Å². The van der Waals surface area contributed by atoms with Crippen LogP contribution in [-0.2, 0) is 20.0 Å². The largest absolute Gasteiger partial charge is 0.268 e. The molecule has 6 nitrogen and oxygen atoms in total. The van der Waals surface area contributed by atoms with E-state index >= 15 is 0 Å². The molecule has 0 spiro atoms. The van der Waals surface area contributed by atoms with Gasteiger partial charge >= 0.3 is 0 Å². The van der Waals surface area contributed by atoms with Crippen LogP contribution >= 0.6 is 23.2 Å². The molecule has 0 amide bonds. The molecule has 1 rings (SSSR count). The normalized spacial score (nSPS) is 12.4. The Labute approximate surface area is 128 Å². The summed E-state index contributed by atoms with van der Waals surface area (Å²) in [6.07, 6.45) is 2.01. The molecular formula is C10H14Cl2N2O4S2. The molecule has 0 aliphatic carbocycles. The van der Waals surface area contributed by atoms with Gasteiger partial charge in [0, 0.05) is 18.1 Å². The minimum Gasteiger partial charge on any atom is -0.268 e. The second-order valence-corrected chi connectivity index (χ2v) is 8.68. The van der Waals surface area contributed by atoms with Gasteiger partial charge in [0.25, 0.3) is 0 Å². The molecule has 1 aromatic carbocycles. The molecule has 0 fully saturated rings. The minimum atomic E-state index is -3.60. The number of nitrogens with zero attached hydrogens (tertiary/aromatic N) is 1. The molecule has 114 valence electrons. The van der Waals surface area contributed by atoms with Crippen molar-refractivity contribution in [1.82, 2.24) is 4.72 Å². The van der Waals surface area contributed by atoms with Gasteiger partial charge < -0.3 is 0 Å². The summed E-state index contributed by atoms with van der Waals surface area (Å²) >= 11 is 11.7. The molecule has 10 heteroatoms. The number of halogens is 2. The zero-order valence-corrected chi connectivity index (χ0v) is 13.9. The fourth-order valence-corrected chi connectivity index (χ4v) is 3.44.